The molecule has 1 aromatic heterocycles. The first-order valence-corrected chi connectivity index (χ1v) is 11.8. The van der Waals surface area contributed by atoms with Crippen LogP contribution in [0.25, 0.3) is 10.9 Å². The highest BCUT2D eigenvalue weighted by Gasteiger charge is 2.33. The first kappa shape index (κ1) is 20.8. The Morgan fingerprint density at radius 3 is 2.44 bits per heavy atom. The highest BCUT2D eigenvalue weighted by atomic mass is 16.2. The number of fused-ring (bicyclic) bond motifs is 1. The zero-order valence-corrected chi connectivity index (χ0v) is 18.7. The Kier molecular flexibility index (Phi) is 5.73. The predicted octanol–water partition coefficient (Wildman–Crippen LogP) is 4.73. The van der Waals surface area contributed by atoms with Crippen molar-refractivity contribution in [2.75, 3.05) is 26.2 Å². The number of carbonyl (C=O) groups excluding carboxylic acids is 2. The van der Waals surface area contributed by atoms with Gasteiger partial charge < -0.3 is 14.8 Å². The highest BCUT2D eigenvalue weighted by molar-refractivity contribution is 5.94. The van der Waals surface area contributed by atoms with Gasteiger partial charge in [0.05, 0.1) is 5.92 Å². The number of piperidine rings is 2. The van der Waals surface area contributed by atoms with Crippen LogP contribution in [-0.2, 0) is 4.79 Å². The molecule has 0 saturated carbocycles. The first-order valence-electron chi connectivity index (χ1n) is 11.8. The van der Waals surface area contributed by atoms with Gasteiger partial charge in [-0.05, 0) is 62.3 Å². The van der Waals surface area contributed by atoms with E-state index in [1.165, 1.54) is 16.5 Å². The number of para-hydroxylation sites is 1. The molecule has 2 amide bonds. The average molecular weight is 430 g/mol. The van der Waals surface area contributed by atoms with Crippen molar-refractivity contribution in [3.05, 3.63) is 71.4 Å². The minimum atomic E-state index is -0.0808. The lowest BCUT2D eigenvalue weighted by Crippen LogP contribution is -2.48. The second kappa shape index (κ2) is 8.81. The van der Waals surface area contributed by atoms with E-state index in [4.69, 9.17) is 0 Å². The van der Waals surface area contributed by atoms with Gasteiger partial charge in [0.2, 0.25) is 5.91 Å². The lowest BCUT2D eigenvalue weighted by molar-refractivity contribution is -0.138. The number of aromatic nitrogens is 1. The van der Waals surface area contributed by atoms with Crippen molar-refractivity contribution >= 4 is 22.7 Å². The Morgan fingerprint density at radius 1 is 0.906 bits per heavy atom. The van der Waals surface area contributed by atoms with Gasteiger partial charge in [0.25, 0.3) is 5.91 Å². The molecule has 32 heavy (non-hydrogen) atoms. The van der Waals surface area contributed by atoms with Gasteiger partial charge in [0.1, 0.15) is 0 Å². The van der Waals surface area contributed by atoms with Crippen LogP contribution in [0, 0.1) is 12.8 Å². The fraction of sp³-hybridized carbons (Fsp3) is 0.407. The van der Waals surface area contributed by atoms with E-state index < -0.39 is 0 Å². The largest absolute Gasteiger partial charge is 0.361 e. The van der Waals surface area contributed by atoms with E-state index in [-0.39, 0.29) is 17.7 Å². The summed E-state index contributed by atoms with van der Waals surface area (Å²) in [6.07, 6.45) is 5.89. The van der Waals surface area contributed by atoms with Gasteiger partial charge in [-0.15, -0.1) is 0 Å². The second-order valence-electron chi connectivity index (χ2n) is 9.35. The molecule has 166 valence electrons. The first-order chi connectivity index (χ1) is 15.6. The fourth-order valence-electron chi connectivity index (χ4n) is 5.34. The summed E-state index contributed by atoms with van der Waals surface area (Å²) in [5, 5.41) is 1.30. The van der Waals surface area contributed by atoms with Crippen molar-refractivity contribution in [1.29, 1.82) is 0 Å². The van der Waals surface area contributed by atoms with Gasteiger partial charge in [-0.3, -0.25) is 9.59 Å². The van der Waals surface area contributed by atoms with Crippen LogP contribution in [0.1, 0.15) is 53.1 Å². The molecule has 3 aromatic rings. The molecule has 3 heterocycles. The van der Waals surface area contributed by atoms with E-state index in [2.05, 4.69) is 35.4 Å². The Labute approximate surface area is 189 Å². The lowest BCUT2D eigenvalue weighted by Gasteiger charge is -2.38. The topological polar surface area (TPSA) is 56.4 Å². The van der Waals surface area contributed by atoms with Crippen LogP contribution in [0.2, 0.25) is 0 Å². The zero-order valence-electron chi connectivity index (χ0n) is 18.7. The molecule has 0 unspecified atom stereocenters. The van der Waals surface area contributed by atoms with Gasteiger partial charge >= 0.3 is 0 Å². The molecule has 1 N–H and O–H groups in total. The molecule has 2 saturated heterocycles. The molecular formula is C27H31N3O2. The van der Waals surface area contributed by atoms with Crippen LogP contribution in [0.3, 0.4) is 0 Å². The molecule has 2 aliphatic rings. The molecule has 5 rings (SSSR count). The van der Waals surface area contributed by atoms with Crippen LogP contribution in [0.15, 0.2) is 54.7 Å². The number of hydrogen-bond donors (Lipinski definition) is 1. The number of nitrogens with zero attached hydrogens (tertiary/aromatic N) is 2. The number of benzene rings is 2. The molecule has 0 bridgehead atoms. The van der Waals surface area contributed by atoms with Gasteiger partial charge in [-0.1, -0.05) is 35.9 Å². The third-order valence-electron chi connectivity index (χ3n) is 7.22. The molecule has 5 heteroatoms. The summed E-state index contributed by atoms with van der Waals surface area (Å²) in [4.78, 5) is 33.5. The number of nitrogens with one attached hydrogen (secondary N) is 1. The van der Waals surface area contributed by atoms with Gasteiger partial charge in [0, 0.05) is 48.8 Å². The molecule has 0 aliphatic carbocycles. The average Bonchev–Trinajstić information content (AvgIpc) is 3.28. The Hall–Kier alpha value is -3.08. The number of H-pyrrole nitrogens is 1. The van der Waals surface area contributed by atoms with Crippen molar-refractivity contribution in [3.8, 4) is 0 Å². The monoisotopic (exact) mass is 429 g/mol. The SMILES string of the molecule is Cc1ccc(C(=O)N2CCC[C@@H](C(=O)N3CCC(c4c[nH]c5ccccc45)CC3)C2)cc1. The summed E-state index contributed by atoms with van der Waals surface area (Å²) in [7, 11) is 0. The van der Waals surface area contributed by atoms with Gasteiger partial charge in [-0.25, -0.2) is 0 Å². The van der Waals surface area contributed by atoms with Crippen LogP contribution in [-0.4, -0.2) is 52.8 Å². The van der Waals surface area contributed by atoms with Crippen LogP contribution in [0.4, 0.5) is 0 Å². The van der Waals surface area contributed by atoms with Gasteiger partial charge in [0.15, 0.2) is 0 Å². The standard InChI is InChI=1S/C27H31N3O2/c1-19-8-10-21(11-9-19)26(31)30-14-4-5-22(18-30)27(32)29-15-12-20(13-16-29)24-17-28-25-7-3-2-6-23(24)25/h2-3,6-11,17,20,22,28H,4-5,12-16,18H2,1H3/t22-/m1/s1. The van der Waals surface area contributed by atoms with Crippen molar-refractivity contribution < 1.29 is 9.59 Å². The van der Waals surface area contributed by atoms with E-state index in [0.29, 0.717) is 18.0 Å². The zero-order chi connectivity index (χ0) is 22.1. The number of hydrogen-bond acceptors (Lipinski definition) is 2. The number of aryl methyl sites for hydroxylation is 1. The van der Waals surface area contributed by atoms with E-state index in [1.807, 2.05) is 41.0 Å². The number of carbonyl (C=O) groups is 2. The van der Waals surface area contributed by atoms with E-state index >= 15 is 0 Å². The quantitative estimate of drug-likeness (QED) is 0.654. The third-order valence-corrected chi connectivity index (χ3v) is 7.22. The molecule has 2 fully saturated rings. The second-order valence-corrected chi connectivity index (χ2v) is 9.35. The Morgan fingerprint density at radius 2 is 1.66 bits per heavy atom. The third kappa shape index (κ3) is 4.04. The molecule has 1 atom stereocenters. The smallest absolute Gasteiger partial charge is 0.253 e. The van der Waals surface area contributed by atoms with Crippen molar-refractivity contribution in [1.82, 2.24) is 14.8 Å². The van der Waals surface area contributed by atoms with Crippen LogP contribution >= 0.6 is 0 Å². The molecule has 0 spiro atoms. The fourth-order valence-corrected chi connectivity index (χ4v) is 5.34. The van der Waals surface area contributed by atoms with Crippen LogP contribution < -0.4 is 0 Å². The molecule has 2 aliphatic heterocycles. The normalized spacial score (nSPS) is 20.0. The predicted molar refractivity (Wildman–Crippen MR) is 127 cm³/mol. The van der Waals surface area contributed by atoms with Crippen molar-refractivity contribution in [2.45, 2.75) is 38.5 Å². The summed E-state index contributed by atoms with van der Waals surface area (Å²) in [6, 6.07) is 16.2. The van der Waals surface area contributed by atoms with E-state index in [0.717, 1.165) is 50.9 Å². The Bertz CT molecular complexity index is 1110. The summed E-state index contributed by atoms with van der Waals surface area (Å²) < 4.78 is 0. The van der Waals surface area contributed by atoms with Crippen molar-refractivity contribution in [2.24, 2.45) is 5.92 Å². The maximum atomic E-state index is 13.3. The maximum absolute atomic E-state index is 13.3. The summed E-state index contributed by atoms with van der Waals surface area (Å²) in [5.41, 5.74) is 4.41. The molecular weight excluding hydrogens is 398 g/mol. The number of aromatic amines is 1. The van der Waals surface area contributed by atoms with Crippen LogP contribution in [0.5, 0.6) is 0 Å². The summed E-state index contributed by atoms with van der Waals surface area (Å²) >= 11 is 0. The Balaban J connectivity index is 1.20. The van der Waals surface area contributed by atoms with E-state index in [1.54, 1.807) is 0 Å². The number of amides is 2. The van der Waals surface area contributed by atoms with E-state index in [9.17, 15) is 9.59 Å². The molecule has 5 nitrogen and oxygen atoms in total. The van der Waals surface area contributed by atoms with Gasteiger partial charge in [-0.2, -0.15) is 0 Å². The number of likely N-dealkylation sites (tertiary alicyclic amines) is 2. The molecule has 2 aromatic carbocycles. The maximum Gasteiger partial charge on any atom is 0.253 e. The lowest BCUT2D eigenvalue weighted by atomic mass is 9.88. The minimum Gasteiger partial charge on any atom is -0.361 e. The molecule has 0 radical (unpaired) electrons. The number of rotatable bonds is 3. The summed E-state index contributed by atoms with van der Waals surface area (Å²) in [5.74, 6) is 0.674. The summed E-state index contributed by atoms with van der Waals surface area (Å²) in [6.45, 7) is 4.88. The van der Waals surface area contributed by atoms with Crippen molar-refractivity contribution in [3.63, 3.8) is 0 Å². The highest BCUT2D eigenvalue weighted by Crippen LogP contribution is 2.34. The minimum absolute atomic E-state index is 0.0422.